The van der Waals surface area contributed by atoms with Gasteiger partial charge in [-0.1, -0.05) is 37.2 Å². The summed E-state index contributed by atoms with van der Waals surface area (Å²) in [5.41, 5.74) is 0.971. The third-order valence-corrected chi connectivity index (χ3v) is 2.45. The Morgan fingerprint density at radius 1 is 1.00 bits per heavy atom. The average Bonchev–Trinajstić information content (AvgIpc) is 3.03. The van der Waals surface area contributed by atoms with Crippen molar-refractivity contribution in [3.8, 4) is 5.75 Å². The smallest absolute Gasteiger partial charge is 0.124 e. The number of aromatic nitrogens is 1. The van der Waals surface area contributed by atoms with Crippen LogP contribution in [0.25, 0.3) is 0 Å². The van der Waals surface area contributed by atoms with Crippen molar-refractivity contribution in [2.75, 3.05) is 19.8 Å². The van der Waals surface area contributed by atoms with Crippen molar-refractivity contribution in [2.24, 2.45) is 0 Å². The zero-order valence-electron chi connectivity index (χ0n) is 12.2. The first kappa shape index (κ1) is 16.2. The molecule has 0 unspecified atom stereocenters. The molecule has 1 heterocycles. The van der Waals surface area contributed by atoms with Gasteiger partial charge >= 0.3 is 0 Å². The van der Waals surface area contributed by atoms with Crippen molar-refractivity contribution in [3.05, 3.63) is 48.4 Å². The Balaban J connectivity index is 0.000000956. The SMILES string of the molecule is CC.c1ccc(OCCOCCCc2ccon2)cc1. The monoisotopic (exact) mass is 277 g/mol. The van der Waals surface area contributed by atoms with Crippen molar-refractivity contribution in [2.45, 2.75) is 26.7 Å². The molecule has 0 amide bonds. The molecule has 0 radical (unpaired) electrons. The van der Waals surface area contributed by atoms with E-state index in [1.54, 1.807) is 6.26 Å². The fraction of sp³-hybridized carbons (Fsp3) is 0.438. The lowest BCUT2D eigenvalue weighted by atomic mass is 10.2. The van der Waals surface area contributed by atoms with Gasteiger partial charge in [-0.3, -0.25) is 0 Å². The second-order valence-corrected chi connectivity index (χ2v) is 3.87. The van der Waals surface area contributed by atoms with E-state index in [1.807, 2.05) is 50.2 Å². The highest BCUT2D eigenvalue weighted by atomic mass is 16.5. The summed E-state index contributed by atoms with van der Waals surface area (Å²) in [6.45, 7) is 5.90. The Labute approximate surface area is 120 Å². The zero-order chi connectivity index (χ0) is 14.5. The molecule has 0 saturated heterocycles. The maximum Gasteiger partial charge on any atom is 0.124 e. The van der Waals surface area contributed by atoms with Crippen LogP contribution in [0.3, 0.4) is 0 Å². The molecule has 0 spiro atoms. The number of benzene rings is 1. The van der Waals surface area contributed by atoms with E-state index in [2.05, 4.69) is 5.16 Å². The molecule has 2 rings (SSSR count). The lowest BCUT2D eigenvalue weighted by Gasteiger charge is -2.06. The van der Waals surface area contributed by atoms with Gasteiger partial charge in [0.1, 0.15) is 18.6 Å². The summed E-state index contributed by atoms with van der Waals surface area (Å²) in [7, 11) is 0. The van der Waals surface area contributed by atoms with E-state index in [9.17, 15) is 0 Å². The Kier molecular flexibility index (Phi) is 8.98. The van der Waals surface area contributed by atoms with E-state index in [4.69, 9.17) is 14.0 Å². The van der Waals surface area contributed by atoms with Gasteiger partial charge in [0.25, 0.3) is 0 Å². The highest BCUT2D eigenvalue weighted by molar-refractivity contribution is 5.20. The Morgan fingerprint density at radius 2 is 1.80 bits per heavy atom. The fourth-order valence-electron chi connectivity index (χ4n) is 1.56. The van der Waals surface area contributed by atoms with Crippen LogP contribution >= 0.6 is 0 Å². The molecule has 4 nitrogen and oxygen atoms in total. The molecule has 0 atom stereocenters. The van der Waals surface area contributed by atoms with E-state index in [0.29, 0.717) is 19.8 Å². The van der Waals surface area contributed by atoms with Crippen LogP contribution in [0.5, 0.6) is 5.75 Å². The summed E-state index contributed by atoms with van der Waals surface area (Å²) in [6.07, 6.45) is 3.41. The second-order valence-electron chi connectivity index (χ2n) is 3.87. The first-order valence-corrected chi connectivity index (χ1v) is 7.10. The lowest BCUT2D eigenvalue weighted by molar-refractivity contribution is 0.0983. The molecule has 1 aromatic heterocycles. The first-order valence-electron chi connectivity index (χ1n) is 7.10. The number of aryl methyl sites for hydroxylation is 1. The molecule has 0 fully saturated rings. The third kappa shape index (κ3) is 6.95. The highest BCUT2D eigenvalue weighted by Crippen LogP contribution is 2.07. The van der Waals surface area contributed by atoms with Crippen LogP contribution in [0.1, 0.15) is 26.0 Å². The molecule has 1 aromatic carbocycles. The molecular formula is C16H23NO3. The minimum absolute atomic E-state index is 0.577. The minimum Gasteiger partial charge on any atom is -0.491 e. The fourth-order valence-corrected chi connectivity index (χ4v) is 1.56. The Bertz CT molecular complexity index is 415. The second kappa shape index (κ2) is 11.1. The largest absolute Gasteiger partial charge is 0.491 e. The summed E-state index contributed by atoms with van der Waals surface area (Å²) >= 11 is 0. The number of hydrogen-bond acceptors (Lipinski definition) is 4. The number of ether oxygens (including phenoxy) is 2. The number of para-hydroxylation sites is 1. The van der Waals surface area contributed by atoms with Gasteiger partial charge in [-0.15, -0.1) is 0 Å². The molecule has 0 aliphatic heterocycles. The molecule has 0 aliphatic carbocycles. The van der Waals surface area contributed by atoms with E-state index in [0.717, 1.165) is 24.3 Å². The van der Waals surface area contributed by atoms with Gasteiger partial charge in [-0.2, -0.15) is 0 Å². The number of nitrogens with zero attached hydrogens (tertiary/aromatic N) is 1. The maximum absolute atomic E-state index is 5.51. The van der Waals surface area contributed by atoms with E-state index in [1.165, 1.54) is 0 Å². The van der Waals surface area contributed by atoms with Crippen molar-refractivity contribution in [1.82, 2.24) is 5.16 Å². The molecule has 0 bridgehead atoms. The first-order chi connectivity index (χ1) is 9.95. The van der Waals surface area contributed by atoms with Crippen molar-refractivity contribution in [1.29, 1.82) is 0 Å². The molecule has 0 N–H and O–H groups in total. The summed E-state index contributed by atoms with van der Waals surface area (Å²) < 4.78 is 15.7. The maximum atomic E-state index is 5.51. The summed E-state index contributed by atoms with van der Waals surface area (Å²) in [5.74, 6) is 0.878. The van der Waals surface area contributed by atoms with Crippen LogP contribution in [0, 0.1) is 0 Å². The van der Waals surface area contributed by atoms with E-state index < -0.39 is 0 Å². The van der Waals surface area contributed by atoms with Crippen LogP contribution in [0.15, 0.2) is 47.2 Å². The lowest BCUT2D eigenvalue weighted by Crippen LogP contribution is -2.07. The van der Waals surface area contributed by atoms with Crippen molar-refractivity contribution < 1.29 is 14.0 Å². The normalized spacial score (nSPS) is 9.70. The van der Waals surface area contributed by atoms with Gasteiger partial charge in [-0.05, 0) is 25.0 Å². The van der Waals surface area contributed by atoms with Gasteiger partial charge < -0.3 is 14.0 Å². The summed E-state index contributed by atoms with van der Waals surface area (Å²) in [4.78, 5) is 0. The topological polar surface area (TPSA) is 44.5 Å². The predicted octanol–water partition coefficient (Wildman–Crippen LogP) is 3.73. The predicted molar refractivity (Wildman–Crippen MR) is 78.9 cm³/mol. The van der Waals surface area contributed by atoms with Crippen molar-refractivity contribution >= 4 is 0 Å². The molecule has 0 saturated carbocycles. The molecule has 2 aromatic rings. The van der Waals surface area contributed by atoms with Gasteiger partial charge in [-0.25, -0.2) is 0 Å². The highest BCUT2D eigenvalue weighted by Gasteiger charge is 1.96. The summed E-state index contributed by atoms with van der Waals surface area (Å²) in [5, 5.41) is 3.83. The standard InChI is InChI=1S/C14H17NO3.C2H6/c1-2-6-14(7-3-1)17-12-11-16-9-4-5-13-8-10-18-15-13;1-2/h1-3,6-8,10H,4-5,9,11-12H2;1-2H3. The zero-order valence-corrected chi connectivity index (χ0v) is 12.2. The van der Waals surface area contributed by atoms with Crippen LogP contribution in [-0.2, 0) is 11.2 Å². The van der Waals surface area contributed by atoms with Gasteiger partial charge in [0.15, 0.2) is 0 Å². The summed E-state index contributed by atoms with van der Waals surface area (Å²) in [6, 6.07) is 11.6. The quantitative estimate of drug-likeness (QED) is 0.690. The molecule has 20 heavy (non-hydrogen) atoms. The van der Waals surface area contributed by atoms with Crippen LogP contribution in [0.4, 0.5) is 0 Å². The number of hydrogen-bond donors (Lipinski definition) is 0. The van der Waals surface area contributed by atoms with Gasteiger partial charge in [0.2, 0.25) is 0 Å². The van der Waals surface area contributed by atoms with Gasteiger partial charge in [0, 0.05) is 12.7 Å². The van der Waals surface area contributed by atoms with Crippen LogP contribution in [-0.4, -0.2) is 25.0 Å². The molecular weight excluding hydrogens is 254 g/mol. The van der Waals surface area contributed by atoms with Gasteiger partial charge in [0.05, 0.1) is 12.3 Å². The third-order valence-electron chi connectivity index (χ3n) is 2.45. The van der Waals surface area contributed by atoms with E-state index >= 15 is 0 Å². The molecule has 0 aliphatic rings. The Morgan fingerprint density at radius 3 is 2.50 bits per heavy atom. The molecule has 4 heteroatoms. The van der Waals surface area contributed by atoms with Crippen LogP contribution < -0.4 is 4.74 Å². The minimum atomic E-state index is 0.577. The average molecular weight is 277 g/mol. The van der Waals surface area contributed by atoms with E-state index in [-0.39, 0.29) is 0 Å². The Hall–Kier alpha value is -1.81. The van der Waals surface area contributed by atoms with Crippen LogP contribution in [0.2, 0.25) is 0 Å². The number of rotatable bonds is 8. The van der Waals surface area contributed by atoms with Crippen molar-refractivity contribution in [3.63, 3.8) is 0 Å². The molecule has 110 valence electrons.